The molecule has 0 unspecified atom stereocenters. The van der Waals surface area contributed by atoms with E-state index in [1.165, 1.54) is 23.5 Å². The first-order valence-electron chi connectivity index (χ1n) is 10.4. The van der Waals surface area contributed by atoms with E-state index in [-0.39, 0.29) is 16.5 Å². The van der Waals surface area contributed by atoms with Gasteiger partial charge in [0, 0.05) is 28.7 Å². The number of pyridine rings is 1. The van der Waals surface area contributed by atoms with Gasteiger partial charge in [-0.15, -0.1) is 11.3 Å². The van der Waals surface area contributed by atoms with Gasteiger partial charge in [0.15, 0.2) is 9.84 Å². The molecule has 5 rings (SSSR count). The summed E-state index contributed by atoms with van der Waals surface area (Å²) in [5.41, 5.74) is 2.98. The van der Waals surface area contributed by atoms with Crippen LogP contribution < -0.4 is 4.74 Å². The van der Waals surface area contributed by atoms with Crippen molar-refractivity contribution in [2.75, 3.05) is 7.11 Å². The lowest BCUT2D eigenvalue weighted by atomic mass is 9.99. The van der Waals surface area contributed by atoms with Crippen LogP contribution in [0, 0.1) is 5.82 Å². The molecular formula is C26H19FN2O3S2. The normalized spacial score (nSPS) is 11.6. The Hall–Kier alpha value is -3.62. The lowest BCUT2D eigenvalue weighted by Crippen LogP contribution is -2.04. The first-order valence-corrected chi connectivity index (χ1v) is 12.9. The van der Waals surface area contributed by atoms with Crippen molar-refractivity contribution in [2.45, 2.75) is 10.6 Å². The van der Waals surface area contributed by atoms with Crippen molar-refractivity contribution in [2.24, 2.45) is 0 Å². The van der Waals surface area contributed by atoms with Gasteiger partial charge in [-0.2, -0.15) is 0 Å². The Morgan fingerprint density at radius 3 is 2.56 bits per heavy atom. The monoisotopic (exact) mass is 490 g/mol. The number of hydrogen-bond acceptors (Lipinski definition) is 6. The predicted molar refractivity (Wildman–Crippen MR) is 132 cm³/mol. The standard InChI is InChI=1S/C26H19FN2O3S2/c1-32-24-15-18(17-3-2-4-20(27)13-17)5-7-23(24)26-22-8-6-21(14-19(22)9-10-29-26)34(30,31)16-25-28-11-12-33-25/h2-15H,16H2,1H3. The molecule has 2 heterocycles. The zero-order valence-electron chi connectivity index (χ0n) is 18.1. The minimum Gasteiger partial charge on any atom is -0.496 e. The fourth-order valence-electron chi connectivity index (χ4n) is 3.87. The Balaban J connectivity index is 1.56. The minimum atomic E-state index is -3.53. The van der Waals surface area contributed by atoms with Gasteiger partial charge in [-0.3, -0.25) is 4.98 Å². The van der Waals surface area contributed by atoms with Crippen LogP contribution in [0.3, 0.4) is 0 Å². The zero-order chi connectivity index (χ0) is 23.7. The summed E-state index contributed by atoms with van der Waals surface area (Å²) in [5.74, 6) is 0.142. The van der Waals surface area contributed by atoms with Crippen molar-refractivity contribution in [3.05, 3.63) is 95.3 Å². The summed E-state index contributed by atoms with van der Waals surface area (Å²) in [7, 11) is -1.96. The number of aromatic nitrogens is 2. The molecule has 0 spiro atoms. The fraction of sp³-hybridized carbons (Fsp3) is 0.0769. The Bertz CT molecular complexity index is 1600. The van der Waals surface area contributed by atoms with Crippen molar-refractivity contribution in [1.82, 2.24) is 9.97 Å². The van der Waals surface area contributed by atoms with Crippen LogP contribution in [0.15, 0.2) is 89.4 Å². The average Bonchev–Trinajstić information content (AvgIpc) is 3.35. The van der Waals surface area contributed by atoms with E-state index in [0.29, 0.717) is 16.5 Å². The Labute approximate surface area is 200 Å². The molecule has 170 valence electrons. The van der Waals surface area contributed by atoms with Gasteiger partial charge in [0.05, 0.1) is 17.7 Å². The van der Waals surface area contributed by atoms with Gasteiger partial charge >= 0.3 is 0 Å². The first kappa shape index (κ1) is 22.2. The molecule has 0 atom stereocenters. The maximum absolute atomic E-state index is 13.7. The van der Waals surface area contributed by atoms with E-state index in [1.807, 2.05) is 24.3 Å². The van der Waals surface area contributed by atoms with Crippen LogP contribution in [0.25, 0.3) is 33.2 Å². The highest BCUT2D eigenvalue weighted by atomic mass is 32.2. The molecule has 8 heteroatoms. The number of ether oxygens (including phenoxy) is 1. The predicted octanol–water partition coefficient (Wildman–Crippen LogP) is 6.15. The van der Waals surface area contributed by atoms with Crippen LogP contribution in [0.5, 0.6) is 5.75 Å². The molecule has 3 aromatic carbocycles. The molecular weight excluding hydrogens is 471 g/mol. The summed E-state index contributed by atoms with van der Waals surface area (Å²) < 4.78 is 45.1. The molecule has 0 aliphatic carbocycles. The second-order valence-corrected chi connectivity index (χ2v) is 10.6. The lowest BCUT2D eigenvalue weighted by molar-refractivity contribution is 0.416. The van der Waals surface area contributed by atoms with Crippen LogP contribution in [-0.2, 0) is 15.6 Å². The number of hydrogen-bond donors (Lipinski definition) is 0. The molecule has 0 radical (unpaired) electrons. The highest BCUT2D eigenvalue weighted by molar-refractivity contribution is 7.90. The minimum absolute atomic E-state index is 0.135. The number of fused-ring (bicyclic) bond motifs is 1. The van der Waals surface area contributed by atoms with E-state index >= 15 is 0 Å². The lowest BCUT2D eigenvalue weighted by Gasteiger charge is -2.13. The van der Waals surface area contributed by atoms with E-state index in [4.69, 9.17) is 4.74 Å². The van der Waals surface area contributed by atoms with Crippen molar-refractivity contribution in [1.29, 1.82) is 0 Å². The first-order chi connectivity index (χ1) is 16.4. The molecule has 0 N–H and O–H groups in total. The summed E-state index contributed by atoms with van der Waals surface area (Å²) in [4.78, 5) is 8.88. The van der Waals surface area contributed by atoms with Gasteiger partial charge in [-0.05, 0) is 59.0 Å². The van der Waals surface area contributed by atoms with E-state index in [0.717, 1.165) is 27.5 Å². The molecule has 0 saturated heterocycles. The molecule has 5 aromatic rings. The summed E-state index contributed by atoms with van der Waals surface area (Å²) in [6, 6.07) is 18.8. The van der Waals surface area contributed by atoms with Gasteiger partial charge in [-0.1, -0.05) is 24.3 Å². The Kier molecular flexibility index (Phi) is 5.85. The van der Waals surface area contributed by atoms with Crippen molar-refractivity contribution >= 4 is 31.9 Å². The quantitative estimate of drug-likeness (QED) is 0.286. The number of nitrogens with zero attached hydrogens (tertiary/aromatic N) is 2. The van der Waals surface area contributed by atoms with Crippen LogP contribution in [-0.4, -0.2) is 25.5 Å². The highest BCUT2D eigenvalue weighted by Crippen LogP contribution is 2.37. The van der Waals surface area contributed by atoms with Crippen LogP contribution in [0.2, 0.25) is 0 Å². The summed E-state index contributed by atoms with van der Waals surface area (Å²) in [6.45, 7) is 0. The number of rotatable bonds is 6. The maximum Gasteiger partial charge on any atom is 0.184 e. The third kappa shape index (κ3) is 4.30. The van der Waals surface area contributed by atoms with Crippen molar-refractivity contribution in [3.8, 4) is 28.1 Å². The summed E-state index contributed by atoms with van der Waals surface area (Å²) >= 11 is 1.32. The van der Waals surface area contributed by atoms with E-state index in [9.17, 15) is 12.8 Å². The van der Waals surface area contributed by atoms with E-state index in [2.05, 4.69) is 9.97 Å². The van der Waals surface area contributed by atoms with Gasteiger partial charge in [0.1, 0.15) is 22.3 Å². The van der Waals surface area contributed by atoms with Gasteiger partial charge in [-0.25, -0.2) is 17.8 Å². The van der Waals surface area contributed by atoms with Gasteiger partial charge < -0.3 is 4.74 Å². The van der Waals surface area contributed by atoms with Crippen molar-refractivity contribution < 1.29 is 17.5 Å². The molecule has 0 aliphatic heterocycles. The summed E-state index contributed by atoms with van der Waals surface area (Å²) in [6.07, 6.45) is 3.25. The van der Waals surface area contributed by atoms with E-state index < -0.39 is 9.84 Å². The van der Waals surface area contributed by atoms with Crippen LogP contribution in [0.4, 0.5) is 4.39 Å². The number of methoxy groups -OCH3 is 1. The molecule has 0 saturated carbocycles. The van der Waals surface area contributed by atoms with Gasteiger partial charge in [0.25, 0.3) is 0 Å². The SMILES string of the molecule is COc1cc(-c2cccc(F)c2)ccc1-c1nccc2cc(S(=O)(=O)Cc3nccs3)ccc12. The molecule has 34 heavy (non-hydrogen) atoms. The number of sulfone groups is 1. The molecule has 0 aliphatic rings. The second kappa shape index (κ2) is 8.96. The Morgan fingerprint density at radius 1 is 0.941 bits per heavy atom. The van der Waals surface area contributed by atoms with Crippen LogP contribution >= 0.6 is 11.3 Å². The molecule has 0 bridgehead atoms. The number of benzene rings is 3. The highest BCUT2D eigenvalue weighted by Gasteiger charge is 2.19. The third-order valence-electron chi connectivity index (χ3n) is 5.51. The number of thiazole rings is 1. The largest absolute Gasteiger partial charge is 0.496 e. The third-order valence-corrected chi connectivity index (χ3v) is 8.09. The second-order valence-electron chi connectivity index (χ2n) is 7.65. The van der Waals surface area contributed by atoms with E-state index in [1.54, 1.807) is 55.2 Å². The Morgan fingerprint density at radius 2 is 1.79 bits per heavy atom. The molecule has 5 nitrogen and oxygen atoms in total. The van der Waals surface area contributed by atoms with Crippen molar-refractivity contribution in [3.63, 3.8) is 0 Å². The smallest absolute Gasteiger partial charge is 0.184 e. The zero-order valence-corrected chi connectivity index (χ0v) is 19.7. The van der Waals surface area contributed by atoms with Gasteiger partial charge in [0.2, 0.25) is 0 Å². The molecule has 0 amide bonds. The number of halogens is 1. The molecule has 0 fully saturated rings. The maximum atomic E-state index is 13.7. The summed E-state index contributed by atoms with van der Waals surface area (Å²) in [5, 5.41) is 3.86. The fourth-order valence-corrected chi connectivity index (χ4v) is 6.16. The topological polar surface area (TPSA) is 69.2 Å². The average molecular weight is 491 g/mol. The molecule has 2 aromatic heterocycles. The van der Waals surface area contributed by atoms with Crippen LogP contribution in [0.1, 0.15) is 5.01 Å².